The highest BCUT2D eigenvalue weighted by Crippen LogP contribution is 2.44. The van der Waals surface area contributed by atoms with E-state index in [9.17, 15) is 4.79 Å². The van der Waals surface area contributed by atoms with E-state index in [1.54, 1.807) is 19.4 Å². The van der Waals surface area contributed by atoms with Crippen molar-refractivity contribution < 1.29 is 28.5 Å². The van der Waals surface area contributed by atoms with Crippen LogP contribution in [0.2, 0.25) is 5.02 Å². The summed E-state index contributed by atoms with van der Waals surface area (Å²) in [5.74, 6) is 1.57. The third-order valence-electron chi connectivity index (χ3n) is 7.39. The van der Waals surface area contributed by atoms with Gasteiger partial charge in [0.25, 0.3) is 5.91 Å². The summed E-state index contributed by atoms with van der Waals surface area (Å²) in [5.41, 5.74) is 0.328. The molecule has 1 aromatic rings. The summed E-state index contributed by atoms with van der Waals surface area (Å²) in [6.07, 6.45) is 12.4. The average Bonchev–Trinajstić information content (AvgIpc) is 3.17. The lowest BCUT2D eigenvalue weighted by Crippen LogP contribution is -2.22. The minimum absolute atomic E-state index is 0.00542. The molecule has 4 rings (SSSR count). The Bertz CT molecular complexity index is 907. The van der Waals surface area contributed by atoms with Crippen molar-refractivity contribution in [2.75, 3.05) is 33.5 Å². The number of amides is 1. The molecule has 2 heterocycles. The summed E-state index contributed by atoms with van der Waals surface area (Å²) in [6, 6.07) is 1.60. The zero-order valence-corrected chi connectivity index (χ0v) is 23.4. The maximum Gasteiger partial charge on any atom is 0.280 e. The van der Waals surface area contributed by atoms with E-state index in [2.05, 4.69) is 20.9 Å². The second kappa shape index (κ2) is 14.1. The van der Waals surface area contributed by atoms with E-state index in [1.165, 1.54) is 25.7 Å². The van der Waals surface area contributed by atoms with Crippen molar-refractivity contribution >= 4 is 39.7 Å². The lowest BCUT2D eigenvalue weighted by molar-refractivity contribution is -0.0481. The molecular weight excluding hydrogens is 550 g/mol. The molecule has 1 unspecified atom stereocenters. The Morgan fingerprint density at radius 1 is 1.08 bits per heavy atom. The van der Waals surface area contributed by atoms with Gasteiger partial charge < -0.3 is 23.7 Å². The Hall–Kier alpha value is -1.19. The first-order valence-electron chi connectivity index (χ1n) is 13.2. The minimum Gasteiger partial charge on any atom is -0.489 e. The van der Waals surface area contributed by atoms with E-state index in [0.29, 0.717) is 58.0 Å². The Morgan fingerprint density at radius 3 is 2.58 bits per heavy atom. The van der Waals surface area contributed by atoms with Crippen molar-refractivity contribution in [2.24, 2.45) is 16.8 Å². The first kappa shape index (κ1) is 27.8. The van der Waals surface area contributed by atoms with Gasteiger partial charge in [0.15, 0.2) is 17.8 Å². The van der Waals surface area contributed by atoms with Crippen LogP contribution in [0.4, 0.5) is 0 Å². The van der Waals surface area contributed by atoms with Crippen LogP contribution in [0.5, 0.6) is 11.5 Å². The standard InChI is InChI=1S/C27H37BrClNO6/c1-32-22-10-8-18(5-2-3-6-23-33-15-16-34-23)7-9-19(22)11-12-30-27(31)20-17-21(29)24(28)26-25(20)35-13-4-14-36-26/h12,17-19,22-23H,2-11,13-16H2,1H3/t18-,19+,22?/m1/s1. The van der Waals surface area contributed by atoms with Crippen LogP contribution in [-0.4, -0.2) is 58.1 Å². The van der Waals surface area contributed by atoms with E-state index in [1.807, 2.05) is 0 Å². The molecule has 200 valence electrons. The van der Waals surface area contributed by atoms with E-state index in [4.69, 9.17) is 35.3 Å². The molecule has 2 aliphatic heterocycles. The van der Waals surface area contributed by atoms with Crippen LogP contribution < -0.4 is 9.47 Å². The van der Waals surface area contributed by atoms with E-state index >= 15 is 0 Å². The maximum atomic E-state index is 13.0. The number of carbonyl (C=O) groups is 1. The minimum atomic E-state index is -0.373. The van der Waals surface area contributed by atoms with E-state index in [-0.39, 0.29) is 18.3 Å². The molecule has 1 aliphatic carbocycles. The van der Waals surface area contributed by atoms with Crippen LogP contribution >= 0.6 is 27.5 Å². The lowest BCUT2D eigenvalue weighted by Gasteiger charge is -2.22. The van der Waals surface area contributed by atoms with Crippen LogP contribution in [-0.2, 0) is 14.2 Å². The molecule has 0 N–H and O–H groups in total. The summed E-state index contributed by atoms with van der Waals surface area (Å²) < 4.78 is 29.1. The number of hydrogen-bond donors (Lipinski definition) is 0. The Kier molecular flexibility index (Phi) is 10.9. The van der Waals surface area contributed by atoms with Crippen molar-refractivity contribution in [3.8, 4) is 11.5 Å². The molecule has 1 amide bonds. The van der Waals surface area contributed by atoms with Crippen molar-refractivity contribution in [2.45, 2.75) is 76.6 Å². The van der Waals surface area contributed by atoms with Gasteiger partial charge in [0.2, 0.25) is 0 Å². The van der Waals surface area contributed by atoms with Gasteiger partial charge in [-0.15, -0.1) is 0 Å². The molecular formula is C27H37BrClNO6. The van der Waals surface area contributed by atoms with Gasteiger partial charge in [-0.05, 0) is 72.4 Å². The number of rotatable bonds is 9. The number of ether oxygens (including phenoxy) is 5. The summed E-state index contributed by atoms with van der Waals surface area (Å²) in [5, 5.41) is 0.398. The van der Waals surface area contributed by atoms with Gasteiger partial charge >= 0.3 is 0 Å². The summed E-state index contributed by atoms with van der Waals surface area (Å²) in [7, 11) is 1.79. The fourth-order valence-corrected chi connectivity index (χ4v) is 5.97. The van der Waals surface area contributed by atoms with Crippen LogP contribution in [0.1, 0.15) is 74.6 Å². The molecule has 1 aromatic carbocycles. The van der Waals surface area contributed by atoms with Gasteiger partial charge in [-0.25, -0.2) is 4.99 Å². The molecule has 1 saturated carbocycles. The molecule has 0 radical (unpaired) electrons. The number of hydrogen-bond acceptors (Lipinski definition) is 6. The van der Waals surface area contributed by atoms with Crippen LogP contribution in [0, 0.1) is 11.8 Å². The molecule has 9 heteroatoms. The lowest BCUT2D eigenvalue weighted by atomic mass is 9.92. The van der Waals surface area contributed by atoms with Crippen LogP contribution in [0.3, 0.4) is 0 Å². The molecule has 3 atom stereocenters. The second-order valence-electron chi connectivity index (χ2n) is 9.79. The Balaban J connectivity index is 1.30. The fourth-order valence-electron chi connectivity index (χ4n) is 5.37. The number of methoxy groups -OCH3 is 1. The molecule has 1 saturated heterocycles. The summed E-state index contributed by atoms with van der Waals surface area (Å²) >= 11 is 9.78. The topological polar surface area (TPSA) is 75.6 Å². The maximum absolute atomic E-state index is 13.0. The smallest absolute Gasteiger partial charge is 0.280 e. The molecule has 0 bridgehead atoms. The van der Waals surface area contributed by atoms with Gasteiger partial charge in [0.05, 0.1) is 47.6 Å². The monoisotopic (exact) mass is 585 g/mol. The number of unbranched alkanes of at least 4 members (excludes halogenated alkanes) is 1. The van der Waals surface area contributed by atoms with Gasteiger partial charge in [-0.3, -0.25) is 4.79 Å². The highest BCUT2D eigenvalue weighted by molar-refractivity contribution is 9.10. The molecule has 0 spiro atoms. The van der Waals surface area contributed by atoms with Crippen molar-refractivity contribution in [3.63, 3.8) is 0 Å². The zero-order chi connectivity index (χ0) is 25.3. The first-order valence-corrected chi connectivity index (χ1v) is 14.3. The predicted octanol–water partition coefficient (Wildman–Crippen LogP) is 6.62. The fraction of sp³-hybridized carbons (Fsp3) is 0.704. The van der Waals surface area contributed by atoms with Crippen LogP contribution in [0.25, 0.3) is 0 Å². The molecule has 36 heavy (non-hydrogen) atoms. The number of carbonyl (C=O) groups excluding carboxylic acids is 1. The average molecular weight is 587 g/mol. The largest absolute Gasteiger partial charge is 0.489 e. The number of halogens is 2. The summed E-state index contributed by atoms with van der Waals surface area (Å²) in [4.78, 5) is 17.3. The first-order chi connectivity index (χ1) is 17.6. The zero-order valence-electron chi connectivity index (χ0n) is 21.0. The molecule has 7 nitrogen and oxygen atoms in total. The van der Waals surface area contributed by atoms with E-state index in [0.717, 1.165) is 45.3 Å². The van der Waals surface area contributed by atoms with Gasteiger partial charge in [-0.2, -0.15) is 0 Å². The van der Waals surface area contributed by atoms with Crippen LogP contribution in [0.15, 0.2) is 15.5 Å². The number of benzene rings is 1. The number of fused-ring (bicyclic) bond motifs is 1. The predicted molar refractivity (Wildman–Crippen MR) is 143 cm³/mol. The Labute approximate surface area is 227 Å². The Morgan fingerprint density at radius 2 is 1.81 bits per heavy atom. The molecule has 0 aromatic heterocycles. The summed E-state index contributed by atoms with van der Waals surface area (Å²) in [6.45, 7) is 2.44. The SMILES string of the molecule is COC1CC[C@H](CCCCC2OCCO2)CC[C@H]1CC=NC(=O)c1cc(Cl)c(Br)c2c1OCCCO2. The van der Waals surface area contributed by atoms with Crippen molar-refractivity contribution in [3.05, 3.63) is 21.1 Å². The third-order valence-corrected chi connectivity index (χ3v) is 8.70. The quantitative estimate of drug-likeness (QED) is 0.184. The van der Waals surface area contributed by atoms with Crippen molar-refractivity contribution in [1.29, 1.82) is 0 Å². The van der Waals surface area contributed by atoms with Crippen molar-refractivity contribution in [1.82, 2.24) is 0 Å². The van der Waals surface area contributed by atoms with Gasteiger partial charge in [-0.1, -0.05) is 30.9 Å². The van der Waals surface area contributed by atoms with E-state index < -0.39 is 0 Å². The number of nitrogens with zero attached hydrogens (tertiary/aromatic N) is 1. The molecule has 2 fully saturated rings. The normalized spacial score (nSPS) is 25.1. The van der Waals surface area contributed by atoms with Gasteiger partial charge in [0.1, 0.15) is 0 Å². The molecule has 3 aliphatic rings. The van der Waals surface area contributed by atoms with Gasteiger partial charge in [0, 0.05) is 19.7 Å². The third kappa shape index (κ3) is 7.44. The highest BCUT2D eigenvalue weighted by Gasteiger charge is 2.28. The number of aliphatic imine (C=N–C) groups is 1. The second-order valence-corrected chi connectivity index (χ2v) is 11.0. The highest BCUT2D eigenvalue weighted by atomic mass is 79.9.